The summed E-state index contributed by atoms with van der Waals surface area (Å²) in [6.45, 7) is 3.34. The van der Waals surface area contributed by atoms with Crippen molar-refractivity contribution in [3.8, 4) is 5.75 Å². The molecule has 1 fully saturated rings. The zero-order chi connectivity index (χ0) is 24.6. The molecular formula is C28H29N3O4. The van der Waals surface area contributed by atoms with Crippen molar-refractivity contribution in [2.24, 2.45) is 5.92 Å². The van der Waals surface area contributed by atoms with Crippen LogP contribution in [0.1, 0.15) is 35.7 Å². The van der Waals surface area contributed by atoms with Gasteiger partial charge in [0.05, 0.1) is 23.8 Å². The molecule has 1 aliphatic rings. The fourth-order valence-electron chi connectivity index (χ4n) is 3.97. The van der Waals surface area contributed by atoms with Crippen molar-refractivity contribution in [3.63, 3.8) is 0 Å². The third-order valence-corrected chi connectivity index (χ3v) is 5.84. The summed E-state index contributed by atoms with van der Waals surface area (Å²) in [4.78, 5) is 40.1. The lowest BCUT2D eigenvalue weighted by Crippen LogP contribution is -2.29. The van der Waals surface area contributed by atoms with E-state index in [1.165, 1.54) is 0 Å². The average Bonchev–Trinajstić information content (AvgIpc) is 3.29. The van der Waals surface area contributed by atoms with Crippen molar-refractivity contribution < 1.29 is 19.1 Å². The summed E-state index contributed by atoms with van der Waals surface area (Å²) in [5.74, 6) is -0.440. The molecule has 0 aliphatic carbocycles. The minimum absolute atomic E-state index is 0.110. The van der Waals surface area contributed by atoms with Gasteiger partial charge in [-0.25, -0.2) is 0 Å². The van der Waals surface area contributed by atoms with Crippen LogP contribution in [0.25, 0.3) is 0 Å². The lowest BCUT2D eigenvalue weighted by atomic mass is 10.1. The smallest absolute Gasteiger partial charge is 0.253 e. The molecule has 0 radical (unpaired) electrons. The molecule has 1 aliphatic heterocycles. The Kier molecular flexibility index (Phi) is 7.77. The van der Waals surface area contributed by atoms with E-state index in [2.05, 4.69) is 10.6 Å². The van der Waals surface area contributed by atoms with Gasteiger partial charge in [0.25, 0.3) is 5.91 Å². The number of carbonyl (C=O) groups excluding carboxylic acids is 3. The van der Waals surface area contributed by atoms with Crippen molar-refractivity contribution in [3.05, 3.63) is 90.0 Å². The second kappa shape index (κ2) is 11.3. The number of anilines is 2. The number of hydrogen-bond donors (Lipinski definition) is 2. The Bertz CT molecular complexity index is 1180. The third-order valence-electron chi connectivity index (χ3n) is 5.84. The zero-order valence-electron chi connectivity index (χ0n) is 19.7. The molecule has 0 bridgehead atoms. The van der Waals surface area contributed by atoms with Gasteiger partial charge in [0.2, 0.25) is 11.8 Å². The number of hydrogen-bond acceptors (Lipinski definition) is 4. The quantitative estimate of drug-likeness (QED) is 0.484. The fourth-order valence-corrected chi connectivity index (χ4v) is 3.97. The van der Waals surface area contributed by atoms with Crippen LogP contribution in [0, 0.1) is 5.92 Å². The number of para-hydroxylation sites is 1. The number of benzene rings is 3. The van der Waals surface area contributed by atoms with Gasteiger partial charge in [-0.15, -0.1) is 0 Å². The summed E-state index contributed by atoms with van der Waals surface area (Å²) in [5, 5.41) is 5.75. The maximum atomic E-state index is 13.0. The number of rotatable bonds is 9. The largest absolute Gasteiger partial charge is 0.494 e. The summed E-state index contributed by atoms with van der Waals surface area (Å²) in [6, 6.07) is 23.8. The van der Waals surface area contributed by atoms with Gasteiger partial charge in [0.15, 0.2) is 0 Å². The lowest BCUT2D eigenvalue weighted by molar-refractivity contribution is -0.122. The van der Waals surface area contributed by atoms with Crippen molar-refractivity contribution >= 4 is 29.1 Å². The maximum Gasteiger partial charge on any atom is 0.253 e. The van der Waals surface area contributed by atoms with Crippen LogP contribution < -0.4 is 20.3 Å². The normalized spacial score (nSPS) is 15.1. The standard InChI is InChI=1S/C28H29N3O4/c1-2-16-35-23-14-12-22(13-15-23)31-19-21(17-26(31)32)27(33)30-25-11-7-6-10-24(25)28(34)29-18-20-8-4-3-5-9-20/h3-15,21H,2,16-19H2,1H3,(H,29,34)(H,30,33). The van der Waals surface area contributed by atoms with Gasteiger partial charge in [0, 0.05) is 25.2 Å². The second-order valence-electron chi connectivity index (χ2n) is 8.45. The lowest BCUT2D eigenvalue weighted by Gasteiger charge is -2.18. The van der Waals surface area contributed by atoms with Gasteiger partial charge in [-0.05, 0) is 48.4 Å². The Labute approximate surface area is 205 Å². The van der Waals surface area contributed by atoms with E-state index in [1.807, 2.05) is 61.5 Å². The van der Waals surface area contributed by atoms with Crippen LogP contribution in [0.15, 0.2) is 78.9 Å². The maximum absolute atomic E-state index is 13.0. The second-order valence-corrected chi connectivity index (χ2v) is 8.45. The van der Waals surface area contributed by atoms with Crippen molar-refractivity contribution in [2.75, 3.05) is 23.4 Å². The van der Waals surface area contributed by atoms with E-state index >= 15 is 0 Å². The summed E-state index contributed by atoms with van der Waals surface area (Å²) in [5.41, 5.74) is 2.51. The van der Waals surface area contributed by atoms with Crippen LogP contribution in [0.3, 0.4) is 0 Å². The first-order valence-electron chi connectivity index (χ1n) is 11.8. The molecule has 2 N–H and O–H groups in total. The monoisotopic (exact) mass is 471 g/mol. The Hall–Kier alpha value is -4.13. The van der Waals surface area contributed by atoms with Crippen LogP contribution in [0.2, 0.25) is 0 Å². The van der Waals surface area contributed by atoms with Crippen molar-refractivity contribution in [2.45, 2.75) is 26.3 Å². The van der Waals surface area contributed by atoms with Crippen LogP contribution in [0.5, 0.6) is 5.75 Å². The number of nitrogens with zero attached hydrogens (tertiary/aromatic N) is 1. The highest BCUT2D eigenvalue weighted by Crippen LogP contribution is 2.28. The topological polar surface area (TPSA) is 87.7 Å². The molecule has 180 valence electrons. The molecule has 7 heteroatoms. The fraction of sp³-hybridized carbons (Fsp3) is 0.250. The molecule has 3 aromatic carbocycles. The molecular weight excluding hydrogens is 442 g/mol. The van der Waals surface area contributed by atoms with Gasteiger partial charge in [-0.2, -0.15) is 0 Å². The molecule has 3 amide bonds. The Morgan fingerprint density at radius 1 is 0.971 bits per heavy atom. The van der Waals surface area contributed by atoms with E-state index in [9.17, 15) is 14.4 Å². The molecule has 7 nitrogen and oxygen atoms in total. The molecule has 0 aromatic heterocycles. The molecule has 1 heterocycles. The van der Waals surface area contributed by atoms with E-state index in [0.717, 1.165) is 23.4 Å². The highest BCUT2D eigenvalue weighted by atomic mass is 16.5. The predicted octanol–water partition coefficient (Wildman–Crippen LogP) is 4.40. The van der Waals surface area contributed by atoms with E-state index in [0.29, 0.717) is 24.4 Å². The summed E-state index contributed by atoms with van der Waals surface area (Å²) in [7, 11) is 0. The van der Waals surface area contributed by atoms with Gasteiger partial charge < -0.3 is 20.3 Å². The number of nitrogens with one attached hydrogen (secondary N) is 2. The number of ether oxygens (including phenoxy) is 1. The summed E-state index contributed by atoms with van der Waals surface area (Å²) >= 11 is 0. The molecule has 0 saturated carbocycles. The first-order chi connectivity index (χ1) is 17.0. The molecule has 3 aromatic rings. The molecule has 1 saturated heterocycles. The molecule has 4 rings (SSSR count). The minimum Gasteiger partial charge on any atom is -0.494 e. The number of carbonyl (C=O) groups is 3. The van der Waals surface area contributed by atoms with Crippen molar-refractivity contribution in [1.82, 2.24) is 5.32 Å². The summed E-state index contributed by atoms with van der Waals surface area (Å²) in [6.07, 6.45) is 1.03. The van der Waals surface area contributed by atoms with Gasteiger partial charge in [-0.1, -0.05) is 49.4 Å². The predicted molar refractivity (Wildman–Crippen MR) is 135 cm³/mol. The van der Waals surface area contributed by atoms with E-state index in [1.54, 1.807) is 29.2 Å². The number of amides is 3. The first-order valence-corrected chi connectivity index (χ1v) is 11.8. The first kappa shape index (κ1) is 24.0. The Morgan fingerprint density at radius 3 is 2.43 bits per heavy atom. The van der Waals surface area contributed by atoms with Gasteiger partial charge in [0.1, 0.15) is 5.75 Å². The third kappa shape index (κ3) is 6.06. The van der Waals surface area contributed by atoms with Crippen LogP contribution in [-0.2, 0) is 16.1 Å². The molecule has 1 unspecified atom stereocenters. The molecule has 0 spiro atoms. The average molecular weight is 472 g/mol. The zero-order valence-corrected chi connectivity index (χ0v) is 19.7. The van der Waals surface area contributed by atoms with Crippen LogP contribution in [-0.4, -0.2) is 30.9 Å². The summed E-state index contributed by atoms with van der Waals surface area (Å²) < 4.78 is 5.60. The molecule has 1 atom stereocenters. The Morgan fingerprint density at radius 2 is 1.69 bits per heavy atom. The SMILES string of the molecule is CCCOc1ccc(N2CC(C(=O)Nc3ccccc3C(=O)NCc3ccccc3)CC2=O)cc1. The van der Waals surface area contributed by atoms with Gasteiger partial charge in [-0.3, -0.25) is 14.4 Å². The Balaban J connectivity index is 1.38. The molecule has 35 heavy (non-hydrogen) atoms. The highest BCUT2D eigenvalue weighted by molar-refractivity contribution is 6.07. The van der Waals surface area contributed by atoms with E-state index in [-0.39, 0.29) is 30.7 Å². The minimum atomic E-state index is -0.515. The highest BCUT2D eigenvalue weighted by Gasteiger charge is 2.35. The van der Waals surface area contributed by atoms with E-state index < -0.39 is 5.92 Å². The van der Waals surface area contributed by atoms with Crippen molar-refractivity contribution in [1.29, 1.82) is 0 Å². The van der Waals surface area contributed by atoms with E-state index in [4.69, 9.17) is 4.74 Å². The van der Waals surface area contributed by atoms with Gasteiger partial charge >= 0.3 is 0 Å². The van der Waals surface area contributed by atoms with Crippen LogP contribution in [0.4, 0.5) is 11.4 Å². The van der Waals surface area contributed by atoms with Crippen LogP contribution >= 0.6 is 0 Å².